The molecule has 2 amide bonds. The van der Waals surface area contributed by atoms with Crippen molar-refractivity contribution in [3.05, 3.63) is 40.3 Å². The molecular weight excluding hydrogens is 288 g/mol. The molecule has 0 radical (unpaired) electrons. The van der Waals surface area contributed by atoms with Gasteiger partial charge in [-0.05, 0) is 11.4 Å². The SMILES string of the molecule is CC(=O)NC(CC(=O)N(C)Cc1cn[nH]c1)c1cccs1. The number of nitrogens with zero attached hydrogens (tertiary/aromatic N) is 2. The maximum Gasteiger partial charge on any atom is 0.225 e. The van der Waals surface area contributed by atoms with E-state index in [4.69, 9.17) is 0 Å². The molecule has 0 spiro atoms. The van der Waals surface area contributed by atoms with E-state index < -0.39 is 0 Å². The highest BCUT2D eigenvalue weighted by atomic mass is 32.1. The Morgan fingerprint density at radius 3 is 2.90 bits per heavy atom. The van der Waals surface area contributed by atoms with E-state index in [-0.39, 0.29) is 24.3 Å². The van der Waals surface area contributed by atoms with Crippen molar-refractivity contribution in [3.8, 4) is 0 Å². The summed E-state index contributed by atoms with van der Waals surface area (Å²) in [6, 6.07) is 3.56. The fourth-order valence-electron chi connectivity index (χ4n) is 2.01. The van der Waals surface area contributed by atoms with Gasteiger partial charge in [-0.15, -0.1) is 11.3 Å². The molecule has 112 valence electrons. The molecule has 0 saturated carbocycles. The van der Waals surface area contributed by atoms with Gasteiger partial charge in [-0.1, -0.05) is 6.07 Å². The van der Waals surface area contributed by atoms with Gasteiger partial charge in [-0.2, -0.15) is 5.10 Å². The molecule has 2 aromatic heterocycles. The van der Waals surface area contributed by atoms with Gasteiger partial charge in [0, 0.05) is 37.2 Å². The summed E-state index contributed by atoms with van der Waals surface area (Å²) in [6.45, 7) is 1.95. The van der Waals surface area contributed by atoms with Crippen LogP contribution in [0.1, 0.15) is 29.8 Å². The minimum absolute atomic E-state index is 0.0247. The second kappa shape index (κ2) is 7.03. The molecular formula is C14H18N4O2S. The van der Waals surface area contributed by atoms with Crippen molar-refractivity contribution in [1.82, 2.24) is 20.4 Å². The molecule has 2 rings (SSSR count). The minimum Gasteiger partial charge on any atom is -0.348 e. The van der Waals surface area contributed by atoms with E-state index in [1.54, 1.807) is 24.3 Å². The molecule has 0 bridgehead atoms. The molecule has 1 atom stereocenters. The first-order chi connectivity index (χ1) is 10.1. The van der Waals surface area contributed by atoms with Gasteiger partial charge in [0.25, 0.3) is 0 Å². The highest BCUT2D eigenvalue weighted by Crippen LogP contribution is 2.23. The standard InChI is InChI=1S/C14H18N4O2S/c1-10(19)17-12(13-4-3-5-21-13)6-14(20)18(2)9-11-7-15-16-8-11/h3-5,7-8,12H,6,9H2,1-2H3,(H,15,16)(H,17,19). The fraction of sp³-hybridized carbons (Fsp3) is 0.357. The first-order valence-corrected chi connectivity index (χ1v) is 7.46. The van der Waals surface area contributed by atoms with Crippen LogP contribution in [0.5, 0.6) is 0 Å². The summed E-state index contributed by atoms with van der Waals surface area (Å²) in [6.07, 6.45) is 3.69. The van der Waals surface area contributed by atoms with E-state index in [1.807, 2.05) is 17.5 Å². The second-order valence-electron chi connectivity index (χ2n) is 4.83. The van der Waals surface area contributed by atoms with Gasteiger partial charge in [0.15, 0.2) is 0 Å². The molecule has 0 aliphatic carbocycles. The maximum atomic E-state index is 12.3. The first-order valence-electron chi connectivity index (χ1n) is 6.58. The van der Waals surface area contributed by atoms with E-state index in [0.717, 1.165) is 10.4 Å². The van der Waals surface area contributed by atoms with Crippen LogP contribution in [0.2, 0.25) is 0 Å². The van der Waals surface area contributed by atoms with Gasteiger partial charge >= 0.3 is 0 Å². The number of nitrogens with one attached hydrogen (secondary N) is 2. The fourth-order valence-corrected chi connectivity index (χ4v) is 2.79. The van der Waals surface area contributed by atoms with Crippen LogP contribution in [-0.4, -0.2) is 34.0 Å². The lowest BCUT2D eigenvalue weighted by atomic mass is 10.1. The quantitative estimate of drug-likeness (QED) is 0.852. The van der Waals surface area contributed by atoms with Crippen LogP contribution in [0.25, 0.3) is 0 Å². The van der Waals surface area contributed by atoms with Gasteiger partial charge < -0.3 is 10.2 Å². The maximum absolute atomic E-state index is 12.3. The third-order valence-electron chi connectivity index (χ3n) is 3.04. The van der Waals surface area contributed by atoms with E-state index in [9.17, 15) is 9.59 Å². The zero-order chi connectivity index (χ0) is 15.2. The molecule has 0 aliphatic heterocycles. The van der Waals surface area contributed by atoms with Crippen LogP contribution in [-0.2, 0) is 16.1 Å². The summed E-state index contributed by atoms with van der Waals surface area (Å²) in [7, 11) is 1.74. The number of carbonyl (C=O) groups is 2. The predicted octanol–water partition coefficient (Wildman–Crippen LogP) is 1.70. The monoisotopic (exact) mass is 306 g/mol. The Kier molecular flexibility index (Phi) is 5.10. The van der Waals surface area contributed by atoms with Crippen molar-refractivity contribution in [3.63, 3.8) is 0 Å². The van der Waals surface area contributed by atoms with Gasteiger partial charge in [0.05, 0.1) is 18.7 Å². The number of thiophene rings is 1. The van der Waals surface area contributed by atoms with Crippen molar-refractivity contribution in [2.24, 2.45) is 0 Å². The molecule has 2 heterocycles. The average Bonchev–Trinajstić information content (AvgIpc) is 3.10. The van der Waals surface area contributed by atoms with E-state index in [0.29, 0.717) is 6.54 Å². The van der Waals surface area contributed by atoms with Crippen LogP contribution < -0.4 is 5.32 Å². The van der Waals surface area contributed by atoms with Crippen molar-refractivity contribution in [2.45, 2.75) is 25.9 Å². The molecule has 2 aromatic rings. The second-order valence-corrected chi connectivity index (χ2v) is 5.81. The highest BCUT2D eigenvalue weighted by Gasteiger charge is 2.20. The Hall–Kier alpha value is -2.15. The molecule has 0 aliphatic rings. The van der Waals surface area contributed by atoms with Gasteiger partial charge in [-0.25, -0.2) is 0 Å². The number of hydrogen-bond donors (Lipinski definition) is 2. The number of H-pyrrole nitrogens is 1. The van der Waals surface area contributed by atoms with Crippen LogP contribution in [0.15, 0.2) is 29.9 Å². The van der Waals surface area contributed by atoms with Crippen LogP contribution >= 0.6 is 11.3 Å². The molecule has 6 nitrogen and oxygen atoms in total. The van der Waals surface area contributed by atoms with Crippen molar-refractivity contribution in [1.29, 1.82) is 0 Å². The van der Waals surface area contributed by atoms with Crippen LogP contribution in [0.3, 0.4) is 0 Å². The Morgan fingerprint density at radius 1 is 1.52 bits per heavy atom. The Bertz CT molecular complexity index is 580. The molecule has 7 heteroatoms. The predicted molar refractivity (Wildman–Crippen MR) is 80.6 cm³/mol. The number of carbonyl (C=O) groups excluding carboxylic acids is 2. The molecule has 2 N–H and O–H groups in total. The molecule has 1 unspecified atom stereocenters. The number of rotatable bonds is 6. The summed E-state index contributed by atoms with van der Waals surface area (Å²) in [5.74, 6) is -0.165. The Balaban J connectivity index is 1.98. The van der Waals surface area contributed by atoms with Crippen LogP contribution in [0.4, 0.5) is 0 Å². The number of amides is 2. The summed E-state index contributed by atoms with van der Waals surface area (Å²) < 4.78 is 0. The van der Waals surface area contributed by atoms with Crippen molar-refractivity contribution in [2.75, 3.05) is 7.05 Å². The zero-order valence-electron chi connectivity index (χ0n) is 12.0. The van der Waals surface area contributed by atoms with Gasteiger partial charge in [0.1, 0.15) is 0 Å². The van der Waals surface area contributed by atoms with E-state index in [1.165, 1.54) is 18.3 Å². The first kappa shape index (κ1) is 15.2. The Labute approximate surface area is 127 Å². The smallest absolute Gasteiger partial charge is 0.225 e. The van der Waals surface area contributed by atoms with Crippen LogP contribution in [0, 0.1) is 0 Å². The van der Waals surface area contributed by atoms with E-state index in [2.05, 4.69) is 15.5 Å². The summed E-state index contributed by atoms with van der Waals surface area (Å²) in [5.41, 5.74) is 0.943. The number of hydrogen-bond acceptors (Lipinski definition) is 4. The molecule has 0 saturated heterocycles. The topological polar surface area (TPSA) is 78.1 Å². The largest absolute Gasteiger partial charge is 0.348 e. The molecule has 21 heavy (non-hydrogen) atoms. The summed E-state index contributed by atoms with van der Waals surface area (Å²) in [4.78, 5) is 26.2. The highest BCUT2D eigenvalue weighted by molar-refractivity contribution is 7.10. The van der Waals surface area contributed by atoms with Crippen molar-refractivity contribution >= 4 is 23.2 Å². The van der Waals surface area contributed by atoms with Gasteiger partial charge in [-0.3, -0.25) is 14.7 Å². The Morgan fingerprint density at radius 2 is 2.33 bits per heavy atom. The minimum atomic E-state index is -0.276. The summed E-state index contributed by atoms with van der Waals surface area (Å²) in [5, 5.41) is 11.3. The van der Waals surface area contributed by atoms with Gasteiger partial charge in [0.2, 0.25) is 11.8 Å². The average molecular weight is 306 g/mol. The lowest BCUT2D eigenvalue weighted by Crippen LogP contribution is -2.33. The number of aromatic amines is 1. The lowest BCUT2D eigenvalue weighted by Gasteiger charge is -2.21. The molecule has 0 fully saturated rings. The normalized spacial score (nSPS) is 11.9. The third-order valence-corrected chi connectivity index (χ3v) is 4.03. The zero-order valence-corrected chi connectivity index (χ0v) is 12.8. The summed E-state index contributed by atoms with van der Waals surface area (Å²) >= 11 is 1.53. The third kappa shape index (κ3) is 4.42. The van der Waals surface area contributed by atoms with Crippen molar-refractivity contribution < 1.29 is 9.59 Å². The number of aromatic nitrogens is 2. The molecule has 0 aromatic carbocycles. The lowest BCUT2D eigenvalue weighted by molar-refractivity contribution is -0.131. The van der Waals surface area contributed by atoms with E-state index >= 15 is 0 Å².